The summed E-state index contributed by atoms with van der Waals surface area (Å²) in [4.78, 5) is 10.8. The van der Waals surface area contributed by atoms with Crippen molar-refractivity contribution in [3.05, 3.63) is 0 Å². The Morgan fingerprint density at radius 3 is 2.82 bits per heavy atom. The summed E-state index contributed by atoms with van der Waals surface area (Å²) in [5.41, 5.74) is 5.16. The molecule has 0 aromatic rings. The van der Waals surface area contributed by atoms with E-state index >= 15 is 0 Å². The van der Waals surface area contributed by atoms with E-state index in [1.165, 1.54) is 0 Å². The lowest BCUT2D eigenvalue weighted by Gasteiger charge is -2.08. The molecule has 0 heterocycles. The molecule has 1 atom stereocenters. The highest BCUT2D eigenvalue weighted by Crippen LogP contribution is 1.88. The maximum atomic E-state index is 10.8. The van der Waals surface area contributed by atoms with Gasteiger partial charge in [0.1, 0.15) is 0 Å². The topological polar surface area (TPSA) is 75.3 Å². The van der Waals surface area contributed by atoms with Crippen LogP contribution in [0.5, 0.6) is 0 Å². The van der Waals surface area contributed by atoms with Crippen LogP contribution in [-0.2, 0) is 4.79 Å². The van der Waals surface area contributed by atoms with Gasteiger partial charge in [0.25, 0.3) is 0 Å². The van der Waals surface area contributed by atoms with Gasteiger partial charge >= 0.3 is 0 Å². The maximum absolute atomic E-state index is 10.8. The number of aliphatic hydroxyl groups excluding tert-OH is 1. The Kier molecular flexibility index (Phi) is 5.78. The SMILES string of the molecule is CC(CO)CNC(=O)CCN. The van der Waals surface area contributed by atoms with E-state index in [1.54, 1.807) is 0 Å². The molecule has 0 spiro atoms. The lowest BCUT2D eigenvalue weighted by atomic mass is 10.2. The van der Waals surface area contributed by atoms with Gasteiger partial charge < -0.3 is 16.2 Å². The molecule has 0 radical (unpaired) electrons. The van der Waals surface area contributed by atoms with E-state index in [-0.39, 0.29) is 18.4 Å². The number of rotatable bonds is 5. The van der Waals surface area contributed by atoms with Crippen LogP contribution >= 0.6 is 0 Å². The van der Waals surface area contributed by atoms with E-state index in [2.05, 4.69) is 5.32 Å². The van der Waals surface area contributed by atoms with Gasteiger partial charge in [0.2, 0.25) is 5.91 Å². The molecule has 0 rings (SSSR count). The zero-order valence-electron chi connectivity index (χ0n) is 6.84. The standard InChI is InChI=1S/C7H16N2O2/c1-6(5-10)4-9-7(11)2-3-8/h6,10H,2-5,8H2,1H3,(H,9,11). The van der Waals surface area contributed by atoms with Crippen LogP contribution in [-0.4, -0.2) is 30.7 Å². The molecule has 66 valence electrons. The van der Waals surface area contributed by atoms with Crippen molar-refractivity contribution in [2.24, 2.45) is 11.7 Å². The van der Waals surface area contributed by atoms with Crippen molar-refractivity contribution in [2.45, 2.75) is 13.3 Å². The van der Waals surface area contributed by atoms with Crippen LogP contribution in [0.1, 0.15) is 13.3 Å². The third kappa shape index (κ3) is 5.82. The van der Waals surface area contributed by atoms with Gasteiger partial charge in [-0.25, -0.2) is 0 Å². The van der Waals surface area contributed by atoms with Crippen molar-refractivity contribution in [3.8, 4) is 0 Å². The number of carbonyl (C=O) groups excluding carboxylic acids is 1. The summed E-state index contributed by atoms with van der Waals surface area (Å²) < 4.78 is 0. The summed E-state index contributed by atoms with van der Waals surface area (Å²) in [5, 5.41) is 11.3. The third-order valence-corrected chi connectivity index (χ3v) is 1.33. The first-order chi connectivity index (χ1) is 5.20. The van der Waals surface area contributed by atoms with Gasteiger partial charge in [-0.2, -0.15) is 0 Å². The van der Waals surface area contributed by atoms with Crippen LogP contribution in [0.4, 0.5) is 0 Å². The zero-order chi connectivity index (χ0) is 8.69. The molecule has 0 fully saturated rings. The van der Waals surface area contributed by atoms with E-state index in [0.29, 0.717) is 19.5 Å². The molecule has 0 aromatic heterocycles. The Bertz CT molecular complexity index is 117. The Hall–Kier alpha value is -0.610. The van der Waals surface area contributed by atoms with Crippen LogP contribution in [0.15, 0.2) is 0 Å². The first-order valence-corrected chi connectivity index (χ1v) is 3.78. The predicted molar refractivity (Wildman–Crippen MR) is 42.9 cm³/mol. The fourth-order valence-electron chi connectivity index (χ4n) is 0.572. The molecule has 4 N–H and O–H groups in total. The molecule has 0 aliphatic heterocycles. The van der Waals surface area contributed by atoms with Gasteiger partial charge in [-0.15, -0.1) is 0 Å². The number of amides is 1. The monoisotopic (exact) mass is 160 g/mol. The molecule has 0 aliphatic carbocycles. The van der Waals surface area contributed by atoms with Crippen molar-refractivity contribution < 1.29 is 9.90 Å². The summed E-state index contributed by atoms with van der Waals surface area (Å²) >= 11 is 0. The van der Waals surface area contributed by atoms with E-state index in [9.17, 15) is 4.79 Å². The molecule has 11 heavy (non-hydrogen) atoms. The molecule has 4 heteroatoms. The number of hydrogen-bond donors (Lipinski definition) is 3. The highest BCUT2D eigenvalue weighted by molar-refractivity contribution is 5.75. The van der Waals surface area contributed by atoms with Gasteiger partial charge in [-0.05, 0) is 5.92 Å². The predicted octanol–water partition coefficient (Wildman–Crippen LogP) is -0.920. The summed E-state index contributed by atoms with van der Waals surface area (Å²) in [6, 6.07) is 0. The van der Waals surface area contributed by atoms with Gasteiger partial charge in [-0.3, -0.25) is 4.79 Å². The number of nitrogens with one attached hydrogen (secondary N) is 1. The molecule has 0 aliphatic rings. The van der Waals surface area contributed by atoms with Crippen LogP contribution in [0.3, 0.4) is 0 Å². The fraction of sp³-hybridized carbons (Fsp3) is 0.857. The quantitative estimate of drug-likeness (QED) is 0.487. The Labute approximate surface area is 66.8 Å². The normalized spacial score (nSPS) is 12.6. The first kappa shape index (κ1) is 10.4. The van der Waals surface area contributed by atoms with Crippen LogP contribution in [0.25, 0.3) is 0 Å². The molecule has 0 aromatic carbocycles. The fourth-order valence-corrected chi connectivity index (χ4v) is 0.572. The smallest absolute Gasteiger partial charge is 0.221 e. The largest absolute Gasteiger partial charge is 0.396 e. The Morgan fingerprint density at radius 2 is 2.36 bits per heavy atom. The number of carbonyl (C=O) groups is 1. The summed E-state index contributed by atoms with van der Waals surface area (Å²) in [6.07, 6.45) is 0.359. The van der Waals surface area contributed by atoms with Gasteiger partial charge in [0, 0.05) is 26.1 Å². The first-order valence-electron chi connectivity index (χ1n) is 3.78. The second-order valence-corrected chi connectivity index (χ2v) is 2.63. The lowest BCUT2D eigenvalue weighted by molar-refractivity contribution is -0.121. The molecular weight excluding hydrogens is 144 g/mol. The second-order valence-electron chi connectivity index (χ2n) is 2.63. The minimum Gasteiger partial charge on any atom is -0.396 e. The maximum Gasteiger partial charge on any atom is 0.221 e. The molecule has 0 saturated heterocycles. The molecular formula is C7H16N2O2. The number of hydrogen-bond acceptors (Lipinski definition) is 3. The van der Waals surface area contributed by atoms with Gasteiger partial charge in [0.05, 0.1) is 0 Å². The zero-order valence-corrected chi connectivity index (χ0v) is 6.84. The molecule has 0 bridgehead atoms. The molecule has 1 unspecified atom stereocenters. The van der Waals surface area contributed by atoms with Crippen LogP contribution < -0.4 is 11.1 Å². The van der Waals surface area contributed by atoms with Crippen molar-refractivity contribution in [1.82, 2.24) is 5.32 Å². The van der Waals surface area contributed by atoms with Gasteiger partial charge in [-0.1, -0.05) is 6.92 Å². The van der Waals surface area contributed by atoms with Gasteiger partial charge in [0.15, 0.2) is 0 Å². The average Bonchev–Trinajstić information content (AvgIpc) is 2.01. The number of nitrogens with two attached hydrogens (primary N) is 1. The second kappa shape index (κ2) is 6.12. The van der Waals surface area contributed by atoms with E-state index in [0.717, 1.165) is 0 Å². The van der Waals surface area contributed by atoms with E-state index < -0.39 is 0 Å². The van der Waals surface area contributed by atoms with Crippen LogP contribution in [0.2, 0.25) is 0 Å². The molecule has 0 saturated carbocycles. The third-order valence-electron chi connectivity index (χ3n) is 1.33. The Morgan fingerprint density at radius 1 is 1.73 bits per heavy atom. The van der Waals surface area contributed by atoms with Crippen molar-refractivity contribution in [2.75, 3.05) is 19.7 Å². The minimum absolute atomic E-state index is 0.0483. The molecule has 4 nitrogen and oxygen atoms in total. The van der Waals surface area contributed by atoms with Crippen LogP contribution in [0, 0.1) is 5.92 Å². The van der Waals surface area contributed by atoms with Crippen molar-refractivity contribution >= 4 is 5.91 Å². The molecule has 1 amide bonds. The highest BCUT2D eigenvalue weighted by atomic mass is 16.3. The minimum atomic E-state index is -0.0483. The average molecular weight is 160 g/mol. The summed E-state index contributed by atoms with van der Waals surface area (Å²) in [7, 11) is 0. The van der Waals surface area contributed by atoms with Crippen molar-refractivity contribution in [3.63, 3.8) is 0 Å². The van der Waals surface area contributed by atoms with E-state index in [4.69, 9.17) is 10.8 Å². The van der Waals surface area contributed by atoms with E-state index in [1.807, 2.05) is 6.92 Å². The van der Waals surface area contributed by atoms with Crippen molar-refractivity contribution in [1.29, 1.82) is 0 Å². The lowest BCUT2D eigenvalue weighted by Crippen LogP contribution is -2.30. The highest BCUT2D eigenvalue weighted by Gasteiger charge is 2.02. The summed E-state index contributed by atoms with van der Waals surface area (Å²) in [5.74, 6) is 0.0736. The summed E-state index contributed by atoms with van der Waals surface area (Å²) in [6.45, 7) is 2.86. The number of aliphatic hydroxyl groups is 1. The Balaban J connectivity index is 3.30.